The van der Waals surface area contributed by atoms with Crippen LogP contribution in [-0.2, 0) is 19.3 Å². The molecule has 1 aliphatic heterocycles. The predicted molar refractivity (Wildman–Crippen MR) is 96.5 cm³/mol. The Bertz CT molecular complexity index is 852. The van der Waals surface area contributed by atoms with Gasteiger partial charge in [-0.2, -0.15) is 0 Å². The van der Waals surface area contributed by atoms with Crippen LogP contribution in [0.25, 0.3) is 0 Å². The number of fused-ring (bicyclic) bond motifs is 1. The molecule has 0 aromatic heterocycles. The Morgan fingerprint density at radius 1 is 1.00 bits per heavy atom. The molecule has 2 atom stereocenters. The van der Waals surface area contributed by atoms with Crippen LogP contribution < -0.4 is 0 Å². The molecule has 3 rings (SSSR count). The molecular weight excluding hydrogens is 392 g/mol. The first-order valence-electron chi connectivity index (χ1n) is 7.72. The summed E-state index contributed by atoms with van der Waals surface area (Å²) in [6.45, 7) is 9.34. The zero-order valence-corrected chi connectivity index (χ0v) is 16.8. The van der Waals surface area contributed by atoms with Crippen LogP contribution in [0.2, 0.25) is 0 Å². The van der Waals surface area contributed by atoms with E-state index in [4.69, 9.17) is 9.47 Å². The highest BCUT2D eigenvalue weighted by molar-refractivity contribution is 9.11. The van der Waals surface area contributed by atoms with Gasteiger partial charge in [0.1, 0.15) is 11.2 Å². The minimum absolute atomic E-state index is 0.264. The number of hydrogen-bond acceptors (Lipinski definition) is 4. The Kier molecular flexibility index (Phi) is 3.92. The van der Waals surface area contributed by atoms with E-state index in [2.05, 4.69) is 15.9 Å². The van der Waals surface area contributed by atoms with Crippen molar-refractivity contribution in [1.29, 1.82) is 0 Å². The molecule has 0 saturated carbocycles. The van der Waals surface area contributed by atoms with Crippen molar-refractivity contribution in [2.75, 3.05) is 0 Å². The van der Waals surface area contributed by atoms with E-state index in [1.165, 1.54) is 5.41 Å². The van der Waals surface area contributed by atoms with E-state index < -0.39 is 26.8 Å². The van der Waals surface area contributed by atoms with Crippen LogP contribution >= 0.6 is 15.9 Å². The summed E-state index contributed by atoms with van der Waals surface area (Å²) in [5, 5.41) is 1.29. The molecule has 1 aliphatic carbocycles. The molecule has 1 aromatic rings. The van der Waals surface area contributed by atoms with Gasteiger partial charge in [0.15, 0.2) is 15.6 Å². The summed E-state index contributed by atoms with van der Waals surface area (Å²) in [4.78, 5) is 0.264. The first kappa shape index (κ1) is 17.9. The van der Waals surface area contributed by atoms with E-state index in [0.29, 0.717) is 5.57 Å². The molecule has 1 fully saturated rings. The highest BCUT2D eigenvalue weighted by atomic mass is 79.9. The van der Waals surface area contributed by atoms with E-state index >= 15 is 0 Å². The molecule has 0 bridgehead atoms. The summed E-state index contributed by atoms with van der Waals surface area (Å²) in [5.74, 6) is -0.802. The Balaban J connectivity index is 2.09. The zero-order valence-electron chi connectivity index (χ0n) is 14.4. The van der Waals surface area contributed by atoms with Crippen molar-refractivity contribution < 1.29 is 17.9 Å². The number of benzene rings is 1. The van der Waals surface area contributed by atoms with Crippen molar-refractivity contribution in [3.8, 4) is 0 Å². The molecule has 0 N–H and O–H groups in total. The molecule has 4 nitrogen and oxygen atoms in total. The van der Waals surface area contributed by atoms with Gasteiger partial charge in [-0.1, -0.05) is 33.6 Å². The van der Waals surface area contributed by atoms with Crippen molar-refractivity contribution in [3.05, 3.63) is 51.4 Å². The molecule has 0 unspecified atom stereocenters. The third kappa shape index (κ3) is 2.60. The second-order valence-electron chi connectivity index (χ2n) is 7.09. The smallest absolute Gasteiger partial charge is 0.200 e. The third-order valence-electron chi connectivity index (χ3n) is 4.73. The Morgan fingerprint density at radius 2 is 1.54 bits per heavy atom. The highest BCUT2D eigenvalue weighted by Crippen LogP contribution is 2.57. The van der Waals surface area contributed by atoms with Crippen molar-refractivity contribution in [2.24, 2.45) is 0 Å². The number of rotatable bonds is 2. The summed E-state index contributed by atoms with van der Waals surface area (Å²) >= 11 is 3.52. The lowest BCUT2D eigenvalue weighted by atomic mass is 9.87. The van der Waals surface area contributed by atoms with Gasteiger partial charge in [0.25, 0.3) is 0 Å². The van der Waals surface area contributed by atoms with Crippen LogP contribution in [0, 0.1) is 6.92 Å². The molecule has 130 valence electrons. The molecule has 0 spiro atoms. The van der Waals surface area contributed by atoms with Gasteiger partial charge >= 0.3 is 0 Å². The first-order chi connectivity index (χ1) is 10.9. The summed E-state index contributed by atoms with van der Waals surface area (Å²) < 4.78 is 38.5. The molecule has 24 heavy (non-hydrogen) atoms. The lowest BCUT2D eigenvalue weighted by Crippen LogP contribution is -2.45. The molecule has 1 saturated heterocycles. The lowest BCUT2D eigenvalue weighted by Gasteiger charge is -2.32. The first-order valence-corrected chi connectivity index (χ1v) is 10.1. The van der Waals surface area contributed by atoms with E-state index in [9.17, 15) is 8.42 Å². The monoisotopic (exact) mass is 412 g/mol. The van der Waals surface area contributed by atoms with Gasteiger partial charge in [-0.05, 0) is 58.4 Å². The fourth-order valence-corrected chi connectivity index (χ4v) is 5.32. The van der Waals surface area contributed by atoms with Crippen LogP contribution in [0.1, 0.15) is 33.3 Å². The van der Waals surface area contributed by atoms with Gasteiger partial charge < -0.3 is 9.47 Å². The number of halogens is 1. The second kappa shape index (κ2) is 5.27. The highest BCUT2D eigenvalue weighted by Gasteiger charge is 2.64. The SMILES string of the molecule is Cc1ccc(S(=O)(=O)/C=C2\C=C(Br)[C@]3(C)OC(C)(C)O[C@]23C)cc1. The van der Waals surface area contributed by atoms with Gasteiger partial charge in [0.05, 0.1) is 4.90 Å². The molecule has 0 amide bonds. The van der Waals surface area contributed by atoms with Crippen LogP contribution in [0.15, 0.2) is 50.7 Å². The van der Waals surface area contributed by atoms with Gasteiger partial charge in [0, 0.05) is 9.89 Å². The van der Waals surface area contributed by atoms with Crippen molar-refractivity contribution in [1.82, 2.24) is 0 Å². The molecule has 0 radical (unpaired) electrons. The largest absolute Gasteiger partial charge is 0.336 e. The third-order valence-corrected chi connectivity index (χ3v) is 7.21. The van der Waals surface area contributed by atoms with Gasteiger partial charge in [-0.25, -0.2) is 8.42 Å². The molecular formula is C18H21BrO4S. The van der Waals surface area contributed by atoms with E-state index in [1.54, 1.807) is 30.3 Å². The number of hydrogen-bond donors (Lipinski definition) is 0. The fraction of sp³-hybridized carbons (Fsp3) is 0.444. The van der Waals surface area contributed by atoms with Crippen LogP contribution in [0.5, 0.6) is 0 Å². The fourth-order valence-electron chi connectivity index (χ4n) is 3.33. The van der Waals surface area contributed by atoms with Gasteiger partial charge in [0.2, 0.25) is 0 Å². The van der Waals surface area contributed by atoms with Gasteiger partial charge in [-0.15, -0.1) is 0 Å². The normalized spacial score (nSPS) is 33.6. The summed E-state index contributed by atoms with van der Waals surface area (Å²) in [7, 11) is -3.59. The zero-order chi connectivity index (χ0) is 18.0. The number of aryl methyl sites for hydroxylation is 1. The van der Waals surface area contributed by atoms with E-state index in [0.717, 1.165) is 10.0 Å². The predicted octanol–water partition coefficient (Wildman–Crippen LogP) is 4.25. The standard InChI is InChI=1S/C18H21BrO4S/c1-12-6-8-14(9-7-12)24(20,21)11-13-10-15(19)18(5)17(13,4)22-16(2,3)23-18/h6-11H,1-5H3/b13-11+/t17-,18+/m1/s1. The maximum absolute atomic E-state index is 12.8. The van der Waals surface area contributed by atoms with Crippen LogP contribution in [0.4, 0.5) is 0 Å². The van der Waals surface area contributed by atoms with Gasteiger partial charge in [-0.3, -0.25) is 0 Å². The lowest BCUT2D eigenvalue weighted by molar-refractivity contribution is -0.160. The van der Waals surface area contributed by atoms with E-state index in [1.807, 2.05) is 34.6 Å². The maximum atomic E-state index is 12.8. The molecule has 1 aromatic carbocycles. The van der Waals surface area contributed by atoms with Crippen molar-refractivity contribution >= 4 is 25.8 Å². The summed E-state index contributed by atoms with van der Waals surface area (Å²) in [5.41, 5.74) is -0.0555. The summed E-state index contributed by atoms with van der Waals surface area (Å²) in [6, 6.07) is 6.81. The maximum Gasteiger partial charge on any atom is 0.200 e. The Hall–Kier alpha value is -0.950. The topological polar surface area (TPSA) is 52.6 Å². The Morgan fingerprint density at radius 3 is 2.12 bits per heavy atom. The number of sulfone groups is 1. The van der Waals surface area contributed by atoms with Crippen LogP contribution in [-0.4, -0.2) is 25.4 Å². The average Bonchev–Trinajstić information content (AvgIpc) is 2.73. The second-order valence-corrected chi connectivity index (χ2v) is 9.75. The van der Waals surface area contributed by atoms with Crippen LogP contribution in [0.3, 0.4) is 0 Å². The Labute approximate surface area is 151 Å². The quantitative estimate of drug-likeness (QED) is 0.728. The molecule has 1 heterocycles. The molecule has 6 heteroatoms. The van der Waals surface area contributed by atoms with Crippen molar-refractivity contribution in [3.63, 3.8) is 0 Å². The van der Waals surface area contributed by atoms with Crippen molar-refractivity contribution in [2.45, 2.75) is 56.5 Å². The van der Waals surface area contributed by atoms with E-state index in [-0.39, 0.29) is 4.90 Å². The average molecular weight is 413 g/mol. The number of ether oxygens (including phenoxy) is 2. The minimum Gasteiger partial charge on any atom is -0.336 e. The summed E-state index contributed by atoms with van der Waals surface area (Å²) in [6.07, 6.45) is 1.78. The molecule has 2 aliphatic rings. The minimum atomic E-state index is -3.59.